The van der Waals surface area contributed by atoms with Crippen LogP contribution in [0.15, 0.2) is 78.9 Å². The highest BCUT2D eigenvalue weighted by Crippen LogP contribution is 2.33. The van der Waals surface area contributed by atoms with Gasteiger partial charge in [-0.3, -0.25) is 0 Å². The maximum Gasteiger partial charge on any atom is 0.0541 e. The Morgan fingerprint density at radius 3 is 1.70 bits per heavy atom. The van der Waals surface area contributed by atoms with Crippen LogP contribution in [0.4, 0.5) is 17.1 Å². The fourth-order valence-corrected chi connectivity index (χ4v) is 2.21. The van der Waals surface area contributed by atoms with Gasteiger partial charge in [-0.05, 0) is 43.3 Å². The maximum atomic E-state index is 3.36. The Hall–Kier alpha value is -2.54. The number of hydrogen-bond acceptors (Lipinski definition) is 1. The van der Waals surface area contributed by atoms with E-state index >= 15 is 0 Å². The van der Waals surface area contributed by atoms with E-state index in [0.29, 0.717) is 0 Å². The first-order valence-electron chi connectivity index (χ1n) is 6.73. The molecule has 0 aliphatic rings. The molecule has 0 heterocycles. The lowest BCUT2D eigenvalue weighted by Gasteiger charge is -2.25. The Balaban J connectivity index is 2.11. The van der Waals surface area contributed by atoms with Crippen molar-refractivity contribution in [3.05, 3.63) is 90.5 Å². The summed E-state index contributed by atoms with van der Waals surface area (Å²) in [6.07, 6.45) is 0. The number of benzene rings is 3. The van der Waals surface area contributed by atoms with Gasteiger partial charge in [-0.2, -0.15) is 0 Å². The molecule has 97 valence electrons. The van der Waals surface area contributed by atoms with Crippen LogP contribution in [-0.2, 0) is 0 Å². The van der Waals surface area contributed by atoms with E-state index in [4.69, 9.17) is 0 Å². The number of hydrogen-bond donors (Lipinski definition) is 0. The molecule has 0 fully saturated rings. The Morgan fingerprint density at radius 2 is 1.25 bits per heavy atom. The van der Waals surface area contributed by atoms with Gasteiger partial charge in [0.2, 0.25) is 0 Å². The average molecular weight is 258 g/mol. The fourth-order valence-electron chi connectivity index (χ4n) is 2.21. The van der Waals surface area contributed by atoms with Crippen molar-refractivity contribution in [3.8, 4) is 0 Å². The van der Waals surface area contributed by atoms with E-state index in [1.54, 1.807) is 0 Å². The van der Waals surface area contributed by atoms with Crippen LogP contribution in [0.2, 0.25) is 0 Å². The van der Waals surface area contributed by atoms with E-state index in [0.717, 1.165) is 17.1 Å². The van der Waals surface area contributed by atoms with Gasteiger partial charge in [0.15, 0.2) is 0 Å². The molecule has 3 aromatic rings. The maximum absolute atomic E-state index is 3.36. The molecule has 0 aromatic heterocycles. The predicted molar refractivity (Wildman–Crippen MR) is 84.7 cm³/mol. The highest BCUT2D eigenvalue weighted by molar-refractivity contribution is 5.75. The van der Waals surface area contributed by atoms with Crippen LogP contribution in [0.25, 0.3) is 0 Å². The zero-order chi connectivity index (χ0) is 13.8. The third-order valence-corrected chi connectivity index (χ3v) is 3.22. The van der Waals surface area contributed by atoms with Gasteiger partial charge in [-0.25, -0.2) is 0 Å². The molecule has 0 aliphatic heterocycles. The summed E-state index contributed by atoms with van der Waals surface area (Å²) in [6, 6.07) is 30.3. The van der Waals surface area contributed by atoms with Crippen molar-refractivity contribution >= 4 is 17.1 Å². The monoisotopic (exact) mass is 258 g/mol. The van der Waals surface area contributed by atoms with Gasteiger partial charge in [0.1, 0.15) is 0 Å². The molecule has 1 nitrogen and oxygen atoms in total. The lowest BCUT2D eigenvalue weighted by atomic mass is 10.1. The summed E-state index contributed by atoms with van der Waals surface area (Å²) < 4.78 is 0. The minimum absolute atomic E-state index is 1.05. The molecule has 0 N–H and O–H groups in total. The zero-order valence-electron chi connectivity index (χ0n) is 11.5. The molecule has 0 saturated carbocycles. The highest BCUT2D eigenvalue weighted by Gasteiger charge is 2.11. The third kappa shape index (κ3) is 2.57. The molecule has 0 amide bonds. The van der Waals surface area contributed by atoms with Crippen molar-refractivity contribution in [1.29, 1.82) is 0 Å². The summed E-state index contributed by atoms with van der Waals surface area (Å²) in [5.41, 5.74) is 4.54. The number of aryl methyl sites for hydroxylation is 1. The SMILES string of the molecule is Cc1c[c]c(N(c2ccccc2)c2ccccc2)cc1. The number of rotatable bonds is 3. The molecule has 0 spiro atoms. The fraction of sp³-hybridized carbons (Fsp3) is 0.0526. The second kappa shape index (κ2) is 5.62. The van der Waals surface area contributed by atoms with Gasteiger partial charge in [-0.15, -0.1) is 0 Å². The first-order valence-corrected chi connectivity index (χ1v) is 6.73. The molecule has 0 atom stereocenters. The Kier molecular flexibility index (Phi) is 3.51. The van der Waals surface area contributed by atoms with Crippen LogP contribution in [0.3, 0.4) is 0 Å². The molecule has 3 aromatic carbocycles. The van der Waals surface area contributed by atoms with Gasteiger partial charge in [0.25, 0.3) is 0 Å². The minimum Gasteiger partial charge on any atom is -0.310 e. The van der Waals surface area contributed by atoms with Crippen LogP contribution >= 0.6 is 0 Å². The molecule has 0 bridgehead atoms. The number of anilines is 3. The van der Waals surface area contributed by atoms with E-state index in [1.807, 2.05) is 18.2 Å². The van der Waals surface area contributed by atoms with Crippen LogP contribution < -0.4 is 4.90 Å². The highest BCUT2D eigenvalue weighted by atomic mass is 15.1. The zero-order valence-corrected chi connectivity index (χ0v) is 11.5. The lowest BCUT2D eigenvalue weighted by Crippen LogP contribution is -2.09. The van der Waals surface area contributed by atoms with Crippen molar-refractivity contribution in [1.82, 2.24) is 0 Å². The second-order valence-electron chi connectivity index (χ2n) is 4.76. The molecular weight excluding hydrogens is 242 g/mol. The summed E-state index contributed by atoms with van der Waals surface area (Å²) in [4.78, 5) is 2.21. The van der Waals surface area contributed by atoms with Gasteiger partial charge in [-0.1, -0.05) is 48.0 Å². The summed E-state index contributed by atoms with van der Waals surface area (Å²) in [5.74, 6) is 0. The molecule has 1 radical (unpaired) electrons. The number of nitrogens with zero attached hydrogens (tertiary/aromatic N) is 1. The summed E-state index contributed by atoms with van der Waals surface area (Å²) in [5, 5.41) is 0. The molecular formula is C19H16N. The molecule has 0 aliphatic carbocycles. The summed E-state index contributed by atoms with van der Waals surface area (Å²) in [7, 11) is 0. The normalized spacial score (nSPS) is 10.2. The lowest BCUT2D eigenvalue weighted by molar-refractivity contribution is 1.27. The van der Waals surface area contributed by atoms with E-state index < -0.39 is 0 Å². The summed E-state index contributed by atoms with van der Waals surface area (Å²) >= 11 is 0. The molecule has 3 rings (SSSR count). The predicted octanol–water partition coefficient (Wildman–Crippen LogP) is 5.27. The topological polar surface area (TPSA) is 3.24 Å². The van der Waals surface area contributed by atoms with Crippen molar-refractivity contribution < 1.29 is 0 Å². The Labute approximate surface area is 120 Å². The van der Waals surface area contributed by atoms with Gasteiger partial charge in [0, 0.05) is 17.4 Å². The van der Waals surface area contributed by atoms with Gasteiger partial charge >= 0.3 is 0 Å². The van der Waals surface area contributed by atoms with Crippen LogP contribution in [0.5, 0.6) is 0 Å². The molecule has 0 unspecified atom stereocenters. The molecule has 0 saturated heterocycles. The van der Waals surface area contributed by atoms with Crippen LogP contribution in [0, 0.1) is 13.0 Å². The van der Waals surface area contributed by atoms with Gasteiger partial charge in [0.05, 0.1) is 5.69 Å². The number of para-hydroxylation sites is 2. The molecule has 1 heteroatoms. The van der Waals surface area contributed by atoms with Crippen molar-refractivity contribution in [2.45, 2.75) is 6.92 Å². The van der Waals surface area contributed by atoms with E-state index in [1.165, 1.54) is 5.56 Å². The van der Waals surface area contributed by atoms with E-state index in [-0.39, 0.29) is 0 Å². The van der Waals surface area contributed by atoms with Crippen molar-refractivity contribution in [2.75, 3.05) is 4.90 Å². The first-order chi connectivity index (χ1) is 9.84. The second-order valence-corrected chi connectivity index (χ2v) is 4.76. The van der Waals surface area contributed by atoms with Crippen LogP contribution in [0.1, 0.15) is 5.56 Å². The third-order valence-electron chi connectivity index (χ3n) is 3.22. The Bertz CT molecular complexity index is 618. The quantitative estimate of drug-likeness (QED) is 0.619. The first kappa shape index (κ1) is 12.5. The largest absolute Gasteiger partial charge is 0.310 e. The van der Waals surface area contributed by atoms with Crippen molar-refractivity contribution in [2.24, 2.45) is 0 Å². The van der Waals surface area contributed by atoms with Gasteiger partial charge < -0.3 is 4.90 Å². The smallest absolute Gasteiger partial charge is 0.0541 e. The summed E-state index contributed by atoms with van der Waals surface area (Å²) in [6.45, 7) is 2.08. The Morgan fingerprint density at radius 1 is 0.700 bits per heavy atom. The van der Waals surface area contributed by atoms with E-state index in [2.05, 4.69) is 78.6 Å². The molecule has 20 heavy (non-hydrogen) atoms. The van der Waals surface area contributed by atoms with Crippen LogP contribution in [-0.4, -0.2) is 0 Å². The van der Waals surface area contributed by atoms with Crippen molar-refractivity contribution in [3.63, 3.8) is 0 Å². The minimum atomic E-state index is 1.05. The average Bonchev–Trinajstić information content (AvgIpc) is 2.52. The van der Waals surface area contributed by atoms with E-state index in [9.17, 15) is 0 Å². The standard InChI is InChI=1S/C19H16N/c1-16-12-14-19(15-13-16)20(17-8-4-2-5-9-17)18-10-6-3-7-11-18/h2-14H,1H3.